The monoisotopic (exact) mass is 314 g/mol. The molecule has 5 nitrogen and oxygen atoms in total. The number of hydrogen-bond donors (Lipinski definition) is 1. The van der Waals surface area contributed by atoms with Crippen LogP contribution in [-0.2, 0) is 4.74 Å². The number of halogens is 3. The molecule has 0 aliphatic rings. The van der Waals surface area contributed by atoms with Gasteiger partial charge in [0.05, 0.1) is 5.69 Å². The summed E-state index contributed by atoms with van der Waals surface area (Å²) in [5.74, 6) is 0.445. The Morgan fingerprint density at radius 2 is 2.28 bits per heavy atom. The number of carbonyl (C=O) groups excluding carboxylic acids is 1. The molecule has 0 saturated heterocycles. The van der Waals surface area contributed by atoms with Crippen molar-refractivity contribution >= 4 is 46.8 Å². The van der Waals surface area contributed by atoms with Crippen molar-refractivity contribution in [3.8, 4) is 0 Å². The Hall–Kier alpha value is -0.650. The van der Waals surface area contributed by atoms with Gasteiger partial charge in [-0.05, 0) is 6.42 Å². The van der Waals surface area contributed by atoms with E-state index in [9.17, 15) is 4.79 Å². The molecule has 0 saturated carbocycles. The van der Waals surface area contributed by atoms with Gasteiger partial charge in [0.2, 0.25) is 9.68 Å². The Bertz CT molecular complexity index is 403. The first-order valence-corrected chi connectivity index (χ1v) is 6.42. The predicted molar refractivity (Wildman–Crippen MR) is 70.5 cm³/mol. The topological polar surface area (TPSA) is 64.4 Å². The molecule has 0 fully saturated rings. The maximum absolute atomic E-state index is 11.3. The maximum Gasteiger partial charge on any atom is 0.414 e. The van der Waals surface area contributed by atoms with E-state index < -0.39 is 9.89 Å². The van der Waals surface area contributed by atoms with Gasteiger partial charge in [0.15, 0.2) is 0 Å². The first-order valence-electron chi connectivity index (χ1n) is 5.29. The molecule has 0 aromatic carbocycles. The number of ether oxygens (including phenoxy) is 1. The normalized spacial score (nSPS) is 13.2. The molecule has 8 heteroatoms. The van der Waals surface area contributed by atoms with E-state index in [-0.39, 0.29) is 18.4 Å². The number of nitrogens with one attached hydrogen (secondary N) is 1. The zero-order valence-corrected chi connectivity index (χ0v) is 12.1. The van der Waals surface area contributed by atoms with Crippen LogP contribution in [0.3, 0.4) is 0 Å². The van der Waals surface area contributed by atoms with Crippen LogP contribution in [0.2, 0.25) is 0 Å². The third-order valence-electron chi connectivity index (χ3n) is 2.24. The molecule has 1 atom stereocenters. The van der Waals surface area contributed by atoms with Crippen LogP contribution in [0.1, 0.15) is 31.9 Å². The molecule has 1 heterocycles. The Balaban J connectivity index is 2.47. The second kappa shape index (κ2) is 6.50. The highest BCUT2D eigenvalue weighted by Crippen LogP contribution is 2.26. The van der Waals surface area contributed by atoms with Crippen LogP contribution in [0.5, 0.6) is 0 Å². The Kier molecular flexibility index (Phi) is 5.56. The van der Waals surface area contributed by atoms with E-state index in [1.54, 1.807) is 6.07 Å². The van der Waals surface area contributed by atoms with Gasteiger partial charge < -0.3 is 9.26 Å². The zero-order valence-electron chi connectivity index (χ0n) is 9.87. The van der Waals surface area contributed by atoms with E-state index in [4.69, 9.17) is 39.3 Å². The second-order valence-corrected chi connectivity index (χ2v) is 6.26. The van der Waals surface area contributed by atoms with Crippen LogP contribution in [-0.4, -0.2) is 21.6 Å². The molecule has 1 amide bonds. The van der Waals surface area contributed by atoms with Crippen LogP contribution in [0, 0.1) is 0 Å². The number of nitrogens with zero attached hydrogens (tertiary/aromatic N) is 1. The van der Waals surface area contributed by atoms with Crippen molar-refractivity contribution in [2.45, 2.75) is 30.0 Å². The van der Waals surface area contributed by atoms with Gasteiger partial charge in [-0.2, -0.15) is 0 Å². The lowest BCUT2D eigenvalue weighted by molar-refractivity contribution is 0.163. The molecule has 1 rings (SSSR count). The number of hydrogen-bond acceptors (Lipinski definition) is 4. The highest BCUT2D eigenvalue weighted by atomic mass is 35.6. The lowest BCUT2D eigenvalue weighted by Gasteiger charge is -2.10. The molecule has 0 aliphatic carbocycles. The van der Waals surface area contributed by atoms with Crippen molar-refractivity contribution in [3.63, 3.8) is 0 Å². The summed E-state index contributed by atoms with van der Waals surface area (Å²) in [6.07, 6.45) is 0.150. The van der Waals surface area contributed by atoms with E-state index in [1.165, 1.54) is 0 Å². The highest BCUT2D eigenvalue weighted by molar-refractivity contribution is 6.67. The van der Waals surface area contributed by atoms with Crippen LogP contribution >= 0.6 is 34.8 Å². The Morgan fingerprint density at radius 3 is 2.83 bits per heavy atom. The number of aromatic nitrogens is 1. The van der Waals surface area contributed by atoms with E-state index in [2.05, 4.69) is 15.2 Å². The van der Waals surface area contributed by atoms with Crippen molar-refractivity contribution in [1.82, 2.24) is 5.16 Å². The van der Waals surface area contributed by atoms with Gasteiger partial charge in [-0.25, -0.2) is 4.79 Å². The summed E-state index contributed by atoms with van der Waals surface area (Å²) in [5, 5.41) is 6.17. The maximum atomic E-state index is 11.3. The zero-order chi connectivity index (χ0) is 13.8. The fourth-order valence-electron chi connectivity index (χ4n) is 1.07. The number of carbonyl (C=O) groups is 1. The summed E-state index contributed by atoms with van der Waals surface area (Å²) in [6, 6.07) is 1.63. The summed E-state index contributed by atoms with van der Waals surface area (Å²) in [6.45, 7) is 3.68. The van der Waals surface area contributed by atoms with Gasteiger partial charge in [0.25, 0.3) is 0 Å². The van der Waals surface area contributed by atoms with Crippen molar-refractivity contribution in [2.75, 3.05) is 11.9 Å². The standard InChI is InChI=1S/C10H13Cl3N2O3/c1-3-6(2)7-4-8(18-15-7)14-9(16)17-5-10(11,12)13/h4,6H,3,5H2,1-2H3,(H,14,16). The quantitative estimate of drug-likeness (QED) is 0.849. The molecule has 0 bridgehead atoms. The SMILES string of the molecule is CCC(C)c1cc(NC(=O)OCC(Cl)(Cl)Cl)on1. The third-order valence-corrected chi connectivity index (χ3v) is 2.57. The fraction of sp³-hybridized carbons (Fsp3) is 0.600. The molecule has 1 N–H and O–H groups in total. The van der Waals surface area contributed by atoms with Gasteiger partial charge >= 0.3 is 6.09 Å². The third kappa shape index (κ3) is 5.33. The molecule has 0 spiro atoms. The minimum atomic E-state index is -1.64. The van der Waals surface area contributed by atoms with E-state index in [1.807, 2.05) is 13.8 Å². The summed E-state index contributed by atoms with van der Waals surface area (Å²) < 4.78 is 7.96. The van der Waals surface area contributed by atoms with Crippen LogP contribution in [0.15, 0.2) is 10.6 Å². The minimum Gasteiger partial charge on any atom is -0.445 e. The van der Waals surface area contributed by atoms with Crippen molar-refractivity contribution in [3.05, 3.63) is 11.8 Å². The molecule has 1 aromatic rings. The average molecular weight is 316 g/mol. The number of anilines is 1. The van der Waals surface area contributed by atoms with Gasteiger partial charge in [-0.1, -0.05) is 53.8 Å². The predicted octanol–water partition coefficient (Wildman–Crippen LogP) is 4.11. The first-order chi connectivity index (χ1) is 8.31. The van der Waals surface area contributed by atoms with Crippen LogP contribution in [0.4, 0.5) is 10.7 Å². The summed E-state index contributed by atoms with van der Waals surface area (Å²) >= 11 is 16.3. The molecule has 1 unspecified atom stereocenters. The first kappa shape index (κ1) is 15.4. The smallest absolute Gasteiger partial charge is 0.414 e. The van der Waals surface area contributed by atoms with Gasteiger partial charge in [-0.15, -0.1) is 0 Å². The van der Waals surface area contributed by atoms with E-state index in [0.29, 0.717) is 0 Å². The largest absolute Gasteiger partial charge is 0.445 e. The van der Waals surface area contributed by atoms with Crippen LogP contribution < -0.4 is 5.32 Å². The van der Waals surface area contributed by atoms with Gasteiger partial charge in [0.1, 0.15) is 6.61 Å². The molecular formula is C10H13Cl3N2O3. The van der Waals surface area contributed by atoms with Crippen molar-refractivity contribution in [1.29, 1.82) is 0 Å². The lowest BCUT2D eigenvalue weighted by Crippen LogP contribution is -2.21. The molecule has 0 aliphatic heterocycles. The van der Waals surface area contributed by atoms with Crippen LogP contribution in [0.25, 0.3) is 0 Å². The Labute approximate surface area is 120 Å². The number of alkyl halides is 3. The second-order valence-electron chi connectivity index (χ2n) is 3.74. The number of rotatable bonds is 4. The molecule has 1 aromatic heterocycles. The highest BCUT2D eigenvalue weighted by Gasteiger charge is 2.22. The van der Waals surface area contributed by atoms with Crippen molar-refractivity contribution < 1.29 is 14.1 Å². The van der Waals surface area contributed by atoms with Crippen molar-refractivity contribution in [2.24, 2.45) is 0 Å². The molecule has 102 valence electrons. The number of amides is 1. The molecule has 0 radical (unpaired) electrons. The fourth-order valence-corrected chi connectivity index (χ4v) is 1.24. The summed E-state index contributed by atoms with van der Waals surface area (Å²) in [5.41, 5.74) is 0.758. The Morgan fingerprint density at radius 1 is 1.61 bits per heavy atom. The van der Waals surface area contributed by atoms with E-state index >= 15 is 0 Å². The van der Waals surface area contributed by atoms with E-state index in [0.717, 1.165) is 12.1 Å². The van der Waals surface area contributed by atoms with Gasteiger partial charge in [-0.3, -0.25) is 5.32 Å². The average Bonchev–Trinajstić information content (AvgIpc) is 2.73. The minimum absolute atomic E-state index is 0.194. The molecule has 18 heavy (non-hydrogen) atoms. The lowest BCUT2D eigenvalue weighted by atomic mass is 10.1. The molecular weight excluding hydrogens is 302 g/mol. The summed E-state index contributed by atoms with van der Waals surface area (Å²) in [4.78, 5) is 11.3. The summed E-state index contributed by atoms with van der Waals surface area (Å²) in [7, 11) is 0. The van der Waals surface area contributed by atoms with Gasteiger partial charge in [0, 0.05) is 12.0 Å².